The van der Waals surface area contributed by atoms with Crippen molar-refractivity contribution in [1.82, 2.24) is 0 Å². The maximum absolute atomic E-state index is 11.2. The lowest BCUT2D eigenvalue weighted by Crippen LogP contribution is -2.25. The molecular formula is C15H18N2O4. The topological polar surface area (TPSA) is 92.5 Å². The molecule has 112 valence electrons. The Balaban J connectivity index is 1.95. The van der Waals surface area contributed by atoms with Gasteiger partial charge in [-0.3, -0.25) is 10.1 Å². The van der Waals surface area contributed by atoms with Gasteiger partial charge in [0, 0.05) is 23.4 Å². The van der Waals surface area contributed by atoms with Crippen molar-refractivity contribution >= 4 is 17.3 Å². The SMILES string of the molecule is Cc1c(NC(C2CC2)C2CC2)cc(C(=O)O)cc1[N+](=O)[O-]. The number of rotatable bonds is 6. The summed E-state index contributed by atoms with van der Waals surface area (Å²) in [5.74, 6) is 0.115. The summed E-state index contributed by atoms with van der Waals surface area (Å²) in [5, 5.41) is 23.6. The third kappa shape index (κ3) is 2.84. The lowest BCUT2D eigenvalue weighted by atomic mass is 10.0. The van der Waals surface area contributed by atoms with Gasteiger partial charge in [-0.2, -0.15) is 0 Å². The molecule has 1 aromatic rings. The molecule has 2 N–H and O–H groups in total. The van der Waals surface area contributed by atoms with Crippen LogP contribution in [0.15, 0.2) is 12.1 Å². The number of benzene rings is 1. The Morgan fingerprint density at radius 2 is 1.90 bits per heavy atom. The summed E-state index contributed by atoms with van der Waals surface area (Å²) in [7, 11) is 0. The molecule has 1 aromatic carbocycles. The van der Waals surface area contributed by atoms with E-state index in [1.807, 2.05) is 0 Å². The number of nitro groups is 1. The monoisotopic (exact) mass is 290 g/mol. The maximum atomic E-state index is 11.2. The number of anilines is 1. The van der Waals surface area contributed by atoms with Crippen molar-refractivity contribution in [2.45, 2.75) is 38.6 Å². The maximum Gasteiger partial charge on any atom is 0.336 e. The number of hydrogen-bond donors (Lipinski definition) is 2. The normalized spacial score (nSPS) is 17.8. The van der Waals surface area contributed by atoms with Crippen LogP contribution in [0.3, 0.4) is 0 Å². The van der Waals surface area contributed by atoms with E-state index in [0.717, 1.165) is 6.07 Å². The Kier molecular flexibility index (Phi) is 3.31. The first kappa shape index (κ1) is 13.9. The second-order valence-corrected chi connectivity index (χ2v) is 6.08. The van der Waals surface area contributed by atoms with Crippen molar-refractivity contribution in [3.8, 4) is 0 Å². The molecule has 2 aliphatic rings. The van der Waals surface area contributed by atoms with E-state index in [-0.39, 0.29) is 11.3 Å². The average Bonchev–Trinajstić information content (AvgIpc) is 3.28. The highest BCUT2D eigenvalue weighted by Gasteiger charge is 2.41. The summed E-state index contributed by atoms with van der Waals surface area (Å²) in [5.41, 5.74) is 0.921. The van der Waals surface area contributed by atoms with E-state index in [9.17, 15) is 14.9 Å². The molecule has 0 spiro atoms. The van der Waals surface area contributed by atoms with Gasteiger partial charge in [-0.05, 0) is 50.5 Å². The molecule has 0 unspecified atom stereocenters. The van der Waals surface area contributed by atoms with Crippen LogP contribution in [-0.4, -0.2) is 22.0 Å². The summed E-state index contributed by atoms with van der Waals surface area (Å²) >= 11 is 0. The highest BCUT2D eigenvalue weighted by Crippen LogP contribution is 2.46. The number of nitrogens with one attached hydrogen (secondary N) is 1. The molecule has 0 amide bonds. The van der Waals surface area contributed by atoms with Crippen LogP contribution < -0.4 is 5.32 Å². The van der Waals surface area contributed by atoms with E-state index in [4.69, 9.17) is 5.11 Å². The van der Waals surface area contributed by atoms with Crippen LogP contribution in [0.5, 0.6) is 0 Å². The molecule has 0 atom stereocenters. The molecule has 2 fully saturated rings. The summed E-state index contributed by atoms with van der Waals surface area (Å²) in [6.07, 6.45) is 4.75. The number of hydrogen-bond acceptors (Lipinski definition) is 4. The van der Waals surface area contributed by atoms with Crippen LogP contribution in [0.2, 0.25) is 0 Å². The van der Waals surface area contributed by atoms with Crippen LogP contribution >= 0.6 is 0 Å². The van der Waals surface area contributed by atoms with Crippen LogP contribution in [0.4, 0.5) is 11.4 Å². The molecule has 0 bridgehead atoms. The summed E-state index contributed by atoms with van der Waals surface area (Å²) in [6.45, 7) is 1.67. The third-order valence-corrected chi connectivity index (χ3v) is 4.41. The van der Waals surface area contributed by atoms with Gasteiger partial charge in [0.1, 0.15) is 0 Å². The molecule has 6 heteroatoms. The summed E-state index contributed by atoms with van der Waals surface area (Å²) in [6, 6.07) is 2.97. The minimum atomic E-state index is -1.14. The average molecular weight is 290 g/mol. The van der Waals surface area contributed by atoms with Gasteiger partial charge >= 0.3 is 5.97 Å². The van der Waals surface area contributed by atoms with Crippen LogP contribution in [-0.2, 0) is 0 Å². The molecule has 6 nitrogen and oxygen atoms in total. The fourth-order valence-corrected chi connectivity index (χ4v) is 2.87. The van der Waals surface area contributed by atoms with Crippen molar-refractivity contribution in [2.75, 3.05) is 5.32 Å². The summed E-state index contributed by atoms with van der Waals surface area (Å²) in [4.78, 5) is 21.8. The molecule has 3 rings (SSSR count). The zero-order valence-electron chi connectivity index (χ0n) is 11.8. The van der Waals surface area contributed by atoms with E-state index in [1.165, 1.54) is 31.7 Å². The number of aromatic carboxylic acids is 1. The zero-order chi connectivity index (χ0) is 15.1. The Labute approximate surface area is 122 Å². The predicted octanol–water partition coefficient (Wildman–Crippen LogP) is 3.20. The van der Waals surface area contributed by atoms with E-state index in [2.05, 4.69) is 5.32 Å². The molecule has 0 aromatic heterocycles. The highest BCUT2D eigenvalue weighted by atomic mass is 16.6. The van der Waals surface area contributed by atoms with Crippen molar-refractivity contribution in [3.63, 3.8) is 0 Å². The molecule has 2 aliphatic carbocycles. The van der Waals surface area contributed by atoms with Crippen molar-refractivity contribution in [2.24, 2.45) is 11.8 Å². The molecule has 2 saturated carbocycles. The molecule has 0 heterocycles. The predicted molar refractivity (Wildman–Crippen MR) is 77.7 cm³/mol. The molecule has 0 aliphatic heterocycles. The largest absolute Gasteiger partial charge is 0.478 e. The van der Waals surface area contributed by atoms with Gasteiger partial charge in [0.2, 0.25) is 0 Å². The highest BCUT2D eigenvalue weighted by molar-refractivity contribution is 5.90. The van der Waals surface area contributed by atoms with Gasteiger partial charge in [-0.15, -0.1) is 0 Å². The van der Waals surface area contributed by atoms with Gasteiger partial charge in [-0.25, -0.2) is 4.79 Å². The van der Waals surface area contributed by atoms with Crippen molar-refractivity contribution in [1.29, 1.82) is 0 Å². The van der Waals surface area contributed by atoms with Crippen molar-refractivity contribution < 1.29 is 14.8 Å². The number of nitrogens with zero attached hydrogens (tertiary/aromatic N) is 1. The van der Waals surface area contributed by atoms with Crippen LogP contribution in [0.1, 0.15) is 41.6 Å². The Morgan fingerprint density at radius 3 is 2.33 bits per heavy atom. The third-order valence-electron chi connectivity index (χ3n) is 4.41. The minimum absolute atomic E-state index is 0.0415. The fourth-order valence-electron chi connectivity index (χ4n) is 2.87. The smallest absolute Gasteiger partial charge is 0.336 e. The van der Waals surface area contributed by atoms with Gasteiger partial charge in [0.25, 0.3) is 5.69 Å². The molecule has 0 radical (unpaired) electrons. The lowest BCUT2D eigenvalue weighted by Gasteiger charge is -2.21. The summed E-state index contributed by atoms with van der Waals surface area (Å²) < 4.78 is 0. The number of nitro benzene ring substituents is 1. The van der Waals surface area contributed by atoms with E-state index < -0.39 is 10.9 Å². The van der Waals surface area contributed by atoms with Crippen molar-refractivity contribution in [3.05, 3.63) is 33.4 Å². The van der Waals surface area contributed by atoms with E-state index in [0.29, 0.717) is 29.1 Å². The van der Waals surface area contributed by atoms with Crippen LogP contribution in [0, 0.1) is 28.9 Å². The first-order chi connectivity index (χ1) is 9.97. The fraction of sp³-hybridized carbons (Fsp3) is 0.533. The standard InChI is InChI=1S/C15H18N2O4/c1-8-12(16-14(9-2-3-9)10-4-5-10)6-11(15(18)19)7-13(8)17(20)21/h6-7,9-10,14,16H,2-5H2,1H3,(H,18,19). The molecular weight excluding hydrogens is 272 g/mol. The Hall–Kier alpha value is -2.11. The van der Waals surface area contributed by atoms with Crippen LogP contribution in [0.25, 0.3) is 0 Å². The second kappa shape index (κ2) is 5.02. The van der Waals surface area contributed by atoms with E-state index in [1.54, 1.807) is 6.92 Å². The second-order valence-electron chi connectivity index (χ2n) is 6.08. The number of carboxylic acid groups (broad SMARTS) is 1. The Morgan fingerprint density at radius 1 is 1.33 bits per heavy atom. The molecule has 21 heavy (non-hydrogen) atoms. The Bertz CT molecular complexity index is 594. The van der Waals surface area contributed by atoms with Gasteiger partial charge in [0.05, 0.1) is 10.5 Å². The van der Waals surface area contributed by atoms with E-state index >= 15 is 0 Å². The lowest BCUT2D eigenvalue weighted by molar-refractivity contribution is -0.385. The van der Waals surface area contributed by atoms with Gasteiger partial charge in [-0.1, -0.05) is 0 Å². The van der Waals surface area contributed by atoms with Gasteiger partial charge in [0.15, 0.2) is 0 Å². The molecule has 0 saturated heterocycles. The number of carboxylic acids is 1. The van der Waals surface area contributed by atoms with Gasteiger partial charge < -0.3 is 10.4 Å². The minimum Gasteiger partial charge on any atom is -0.478 e. The zero-order valence-corrected chi connectivity index (χ0v) is 11.8. The first-order valence-corrected chi connectivity index (χ1v) is 7.26. The first-order valence-electron chi connectivity index (χ1n) is 7.26. The quantitative estimate of drug-likeness (QED) is 0.620. The number of carbonyl (C=O) groups is 1.